The van der Waals surface area contributed by atoms with Crippen LogP contribution in [0.4, 0.5) is 13.2 Å². The third-order valence-corrected chi connectivity index (χ3v) is 2.59. The molecule has 0 unspecified atom stereocenters. The normalized spacial score (nSPS) is 11.9. The average molecular weight is 273 g/mol. The highest BCUT2D eigenvalue weighted by Crippen LogP contribution is 2.29. The molecule has 102 valence electrons. The summed E-state index contributed by atoms with van der Waals surface area (Å²) in [4.78, 5) is 12.9. The van der Waals surface area contributed by atoms with E-state index in [9.17, 15) is 18.0 Å². The third kappa shape index (κ3) is 10.4. The maximum Gasteiger partial charge on any atom is 0.441 e. The molecule has 0 aliphatic carbocycles. The summed E-state index contributed by atoms with van der Waals surface area (Å²) in [5.74, 6) is -0.457. The maximum atomic E-state index is 11.9. The van der Waals surface area contributed by atoms with E-state index in [4.69, 9.17) is 4.74 Å². The number of carbonyl (C=O) groups is 1. The molecule has 7 heteroatoms. The van der Waals surface area contributed by atoms with Gasteiger partial charge >= 0.3 is 11.5 Å². The monoisotopic (exact) mass is 273 g/mol. The van der Waals surface area contributed by atoms with Crippen LogP contribution in [0.1, 0.15) is 20.3 Å². The Bertz CT molecular complexity index is 224. The van der Waals surface area contributed by atoms with E-state index in [0.29, 0.717) is 6.54 Å². The van der Waals surface area contributed by atoms with Gasteiger partial charge in [0.1, 0.15) is 0 Å². The maximum absolute atomic E-state index is 11.9. The second kappa shape index (κ2) is 8.63. The zero-order valence-corrected chi connectivity index (χ0v) is 10.9. The quantitative estimate of drug-likeness (QED) is 0.636. The van der Waals surface area contributed by atoms with Gasteiger partial charge in [-0.1, -0.05) is 6.92 Å². The van der Waals surface area contributed by atoms with Crippen LogP contribution < -0.4 is 0 Å². The molecule has 0 aromatic heterocycles. The van der Waals surface area contributed by atoms with Crippen molar-refractivity contribution in [2.45, 2.75) is 25.8 Å². The summed E-state index contributed by atoms with van der Waals surface area (Å²) in [6, 6.07) is 0. The van der Waals surface area contributed by atoms with Crippen molar-refractivity contribution in [3.8, 4) is 0 Å². The van der Waals surface area contributed by atoms with Gasteiger partial charge in [0, 0.05) is 12.3 Å². The zero-order chi connectivity index (χ0) is 13.3. The minimum atomic E-state index is -4.21. The lowest BCUT2D eigenvalue weighted by Crippen LogP contribution is -2.33. The molecule has 0 saturated carbocycles. The molecule has 0 atom stereocenters. The molecule has 3 nitrogen and oxygen atoms in total. The smallest absolute Gasteiger partial charge is 0.441 e. The second-order valence-corrected chi connectivity index (χ2v) is 4.54. The van der Waals surface area contributed by atoms with Crippen LogP contribution in [0.5, 0.6) is 0 Å². The third-order valence-electron chi connectivity index (χ3n) is 1.87. The van der Waals surface area contributed by atoms with Gasteiger partial charge in [0.05, 0.1) is 13.2 Å². The van der Waals surface area contributed by atoms with Gasteiger partial charge in [0.25, 0.3) is 0 Å². The number of thioether (sulfide) groups is 1. The Balaban J connectivity index is 3.93. The van der Waals surface area contributed by atoms with E-state index in [2.05, 4.69) is 0 Å². The lowest BCUT2D eigenvalue weighted by molar-refractivity contribution is -0.144. The van der Waals surface area contributed by atoms with Crippen LogP contribution in [0.2, 0.25) is 0 Å². The van der Waals surface area contributed by atoms with Crippen molar-refractivity contribution >= 4 is 17.7 Å². The van der Waals surface area contributed by atoms with Crippen molar-refractivity contribution in [1.29, 1.82) is 0 Å². The number of esters is 1. The number of hydrogen-bond donors (Lipinski definition) is 0. The van der Waals surface area contributed by atoms with Crippen molar-refractivity contribution < 1.29 is 22.7 Å². The highest BCUT2D eigenvalue weighted by molar-refractivity contribution is 8.00. The van der Waals surface area contributed by atoms with Crippen LogP contribution in [0.25, 0.3) is 0 Å². The predicted molar refractivity (Wildman–Crippen MR) is 61.9 cm³/mol. The molecule has 0 amide bonds. The first kappa shape index (κ1) is 16.6. The van der Waals surface area contributed by atoms with Gasteiger partial charge in [-0.15, -0.1) is 0 Å². The van der Waals surface area contributed by atoms with Gasteiger partial charge in [0.2, 0.25) is 0 Å². The fourth-order valence-electron chi connectivity index (χ4n) is 1.27. The Hall–Kier alpha value is -0.430. The minimum absolute atomic E-state index is 0.0557. The number of alkyl halides is 3. The van der Waals surface area contributed by atoms with Crippen LogP contribution in [-0.4, -0.2) is 48.4 Å². The topological polar surface area (TPSA) is 29.5 Å². The van der Waals surface area contributed by atoms with Gasteiger partial charge in [-0.25, -0.2) is 0 Å². The number of rotatable bonds is 8. The second-order valence-electron chi connectivity index (χ2n) is 3.38. The fourth-order valence-corrected chi connectivity index (χ4v) is 1.85. The Kier molecular flexibility index (Phi) is 8.41. The molecule has 0 bridgehead atoms. The SMILES string of the molecule is CCCN(CCSC(F)(F)F)CC(=O)OCC. The molecule has 0 N–H and O–H groups in total. The van der Waals surface area contributed by atoms with Crippen LogP contribution in [-0.2, 0) is 9.53 Å². The largest absolute Gasteiger partial charge is 0.465 e. The number of nitrogens with zero attached hydrogens (tertiary/aromatic N) is 1. The lowest BCUT2D eigenvalue weighted by atomic mass is 10.4. The molecule has 0 rings (SSSR count). The molecule has 0 fully saturated rings. The summed E-state index contributed by atoms with van der Waals surface area (Å²) < 4.78 is 40.5. The summed E-state index contributed by atoms with van der Waals surface area (Å²) in [5.41, 5.74) is -4.21. The summed E-state index contributed by atoms with van der Waals surface area (Å²) in [6.45, 7) is 4.78. The van der Waals surface area contributed by atoms with Crippen molar-refractivity contribution in [3.05, 3.63) is 0 Å². The Morgan fingerprint density at radius 3 is 2.41 bits per heavy atom. The summed E-state index contributed by atoms with van der Waals surface area (Å²) in [7, 11) is 0. The molecule has 0 heterocycles. The average Bonchev–Trinajstić information content (AvgIpc) is 2.16. The summed E-state index contributed by atoms with van der Waals surface area (Å²) >= 11 is -0.0656. The highest BCUT2D eigenvalue weighted by atomic mass is 32.2. The fraction of sp³-hybridized carbons (Fsp3) is 0.900. The first-order valence-electron chi connectivity index (χ1n) is 5.47. The Morgan fingerprint density at radius 2 is 1.94 bits per heavy atom. The van der Waals surface area contributed by atoms with Crippen molar-refractivity contribution in [2.75, 3.05) is 32.0 Å². The first-order valence-corrected chi connectivity index (χ1v) is 6.46. The summed E-state index contributed by atoms with van der Waals surface area (Å²) in [5, 5.41) is 0. The van der Waals surface area contributed by atoms with Crippen LogP contribution in [0.3, 0.4) is 0 Å². The molecule has 0 aliphatic rings. The van der Waals surface area contributed by atoms with E-state index in [1.54, 1.807) is 11.8 Å². The van der Waals surface area contributed by atoms with E-state index in [-0.39, 0.29) is 37.2 Å². The number of hydrogen-bond acceptors (Lipinski definition) is 4. The number of carbonyl (C=O) groups excluding carboxylic acids is 1. The summed E-state index contributed by atoms with van der Waals surface area (Å²) in [6.07, 6.45) is 0.788. The molecule has 17 heavy (non-hydrogen) atoms. The van der Waals surface area contributed by atoms with Crippen molar-refractivity contribution in [1.82, 2.24) is 4.90 Å². The van der Waals surface area contributed by atoms with E-state index in [1.807, 2.05) is 6.92 Å². The van der Waals surface area contributed by atoms with Gasteiger partial charge in [-0.3, -0.25) is 9.69 Å². The molecule has 0 radical (unpaired) electrons. The molecule has 0 aliphatic heterocycles. The van der Waals surface area contributed by atoms with Crippen LogP contribution >= 0.6 is 11.8 Å². The van der Waals surface area contributed by atoms with E-state index in [1.165, 1.54) is 0 Å². The van der Waals surface area contributed by atoms with Crippen molar-refractivity contribution in [3.63, 3.8) is 0 Å². The number of ether oxygens (including phenoxy) is 1. The molecule has 0 aromatic rings. The van der Waals surface area contributed by atoms with Crippen molar-refractivity contribution in [2.24, 2.45) is 0 Å². The molecular formula is C10H18F3NO2S. The first-order chi connectivity index (χ1) is 7.89. The van der Waals surface area contributed by atoms with Gasteiger partial charge in [-0.05, 0) is 31.7 Å². The molecular weight excluding hydrogens is 255 g/mol. The Labute approximate surface area is 104 Å². The molecule has 0 spiro atoms. The number of halogens is 3. The van der Waals surface area contributed by atoms with Gasteiger partial charge in [0.15, 0.2) is 0 Å². The van der Waals surface area contributed by atoms with Gasteiger partial charge in [-0.2, -0.15) is 13.2 Å². The lowest BCUT2D eigenvalue weighted by Gasteiger charge is -2.20. The highest BCUT2D eigenvalue weighted by Gasteiger charge is 2.27. The van der Waals surface area contributed by atoms with E-state index < -0.39 is 11.5 Å². The minimum Gasteiger partial charge on any atom is -0.465 e. The molecule has 0 aromatic carbocycles. The standard InChI is InChI=1S/C10H18F3NO2S/c1-3-5-14(8-9(15)16-4-2)6-7-17-10(11,12)13/h3-8H2,1-2H3. The predicted octanol–water partition coefficient (Wildman–Crippen LogP) is 2.51. The Morgan fingerprint density at radius 1 is 1.29 bits per heavy atom. The zero-order valence-electron chi connectivity index (χ0n) is 10.0. The van der Waals surface area contributed by atoms with Crippen LogP contribution in [0.15, 0.2) is 0 Å². The van der Waals surface area contributed by atoms with Crippen LogP contribution in [0, 0.1) is 0 Å². The van der Waals surface area contributed by atoms with Gasteiger partial charge < -0.3 is 4.74 Å². The van der Waals surface area contributed by atoms with E-state index in [0.717, 1.165) is 6.42 Å². The van der Waals surface area contributed by atoms with E-state index >= 15 is 0 Å². The molecule has 0 saturated heterocycles.